The van der Waals surface area contributed by atoms with Gasteiger partial charge in [0.1, 0.15) is 48.8 Å². The first-order chi connectivity index (χ1) is 13.9. The number of rotatable bonds is 7. The zero-order valence-electron chi connectivity index (χ0n) is 16.5. The molecule has 2 fully saturated rings. The molecule has 0 aliphatic carbocycles. The summed E-state index contributed by atoms with van der Waals surface area (Å²) in [7, 11) is -5.19. The summed E-state index contributed by atoms with van der Waals surface area (Å²) in [6.07, 6.45) is -15.5. The molecule has 31 heavy (non-hydrogen) atoms. The summed E-state index contributed by atoms with van der Waals surface area (Å²) in [6.45, 7) is -0.719. The van der Waals surface area contributed by atoms with Crippen molar-refractivity contribution in [2.75, 3.05) is 13.2 Å². The molecule has 0 aromatic carbocycles. The molecule has 176 valence electrons. The van der Waals surface area contributed by atoms with Gasteiger partial charge < -0.3 is 54.7 Å². The van der Waals surface area contributed by atoms with Crippen molar-refractivity contribution in [3.8, 4) is 0 Å². The average molecular weight is 485 g/mol. The number of nitrogens with one attached hydrogen (secondary N) is 1. The predicted molar refractivity (Wildman–Crippen MR) is 88.8 cm³/mol. The standard InChI is InChI=1S/C14H25NO14S.Na/c1-4(17)15-7-9(19)12(6(27-13(7)22)3-26-30(23,24)25)29-14-11(21)10(20)8(18)5(2-16)28-14;/h5-14,16,18-22H,2-3H2,1H3,(H,15,17)(H,23,24,25);/q;+1/p-1/t5-,6-,7-,8+,9-,10+,11-,12-,13?,14+;/m1./s1. The van der Waals surface area contributed by atoms with Crippen molar-refractivity contribution in [2.45, 2.75) is 68.3 Å². The SMILES string of the molecule is CC(=O)N[C@H]1C(O)O[C@H](COS(=O)(=O)[O-])[C@@H](O[C@@H]2O[C@H](CO)[C@H](O)[C@H](O)[C@H]2O)[C@@H]1O.[Na+]. The Morgan fingerprint density at radius 2 is 1.65 bits per heavy atom. The van der Waals surface area contributed by atoms with Gasteiger partial charge in [0.15, 0.2) is 12.6 Å². The van der Waals surface area contributed by atoms with Crippen LogP contribution in [0.25, 0.3) is 0 Å². The number of hydrogen-bond acceptors (Lipinski definition) is 14. The van der Waals surface area contributed by atoms with Crippen LogP contribution in [0.2, 0.25) is 0 Å². The molecule has 0 bridgehead atoms. The monoisotopic (exact) mass is 485 g/mol. The van der Waals surface area contributed by atoms with E-state index in [1.165, 1.54) is 0 Å². The van der Waals surface area contributed by atoms with E-state index in [1.54, 1.807) is 0 Å². The molecule has 2 saturated heterocycles. The molecule has 2 aliphatic rings. The van der Waals surface area contributed by atoms with Crippen LogP contribution in [0.1, 0.15) is 6.92 Å². The number of ether oxygens (including phenoxy) is 3. The van der Waals surface area contributed by atoms with Crippen LogP contribution in [0.3, 0.4) is 0 Å². The molecule has 0 aromatic rings. The van der Waals surface area contributed by atoms with Crippen molar-refractivity contribution in [2.24, 2.45) is 0 Å². The Hall–Kier alpha value is -0.0200. The summed E-state index contributed by atoms with van der Waals surface area (Å²) in [5, 5.41) is 61.7. The molecule has 0 radical (unpaired) electrons. The van der Waals surface area contributed by atoms with Gasteiger partial charge in [0.25, 0.3) is 0 Å². The molecule has 1 amide bonds. The minimum absolute atomic E-state index is 0. The Labute approximate surface area is 199 Å². The number of hydrogen-bond donors (Lipinski definition) is 7. The summed E-state index contributed by atoms with van der Waals surface area (Å²) in [6, 6.07) is -1.47. The fraction of sp³-hybridized carbons (Fsp3) is 0.929. The van der Waals surface area contributed by atoms with Crippen molar-refractivity contribution in [1.82, 2.24) is 5.32 Å². The number of aliphatic hydroxyl groups is 6. The summed E-state index contributed by atoms with van der Waals surface area (Å²) in [4.78, 5) is 11.3. The van der Waals surface area contributed by atoms with Gasteiger partial charge in [0.2, 0.25) is 16.3 Å². The minimum Gasteiger partial charge on any atom is -0.726 e. The third-order valence-electron chi connectivity index (χ3n) is 4.58. The van der Waals surface area contributed by atoms with E-state index in [4.69, 9.17) is 14.2 Å². The Balaban J connectivity index is 0.00000480. The summed E-state index contributed by atoms with van der Waals surface area (Å²) >= 11 is 0. The Morgan fingerprint density at radius 3 is 2.16 bits per heavy atom. The Bertz CT molecular complexity index is 694. The smallest absolute Gasteiger partial charge is 0.726 e. The average Bonchev–Trinajstić information content (AvgIpc) is 2.65. The van der Waals surface area contributed by atoms with E-state index in [0.29, 0.717) is 0 Å². The number of carbonyl (C=O) groups excluding carboxylic acids is 1. The first-order valence-electron chi connectivity index (χ1n) is 8.70. The Morgan fingerprint density at radius 1 is 1.03 bits per heavy atom. The van der Waals surface area contributed by atoms with E-state index >= 15 is 0 Å². The first-order valence-corrected chi connectivity index (χ1v) is 10.0. The van der Waals surface area contributed by atoms with Gasteiger partial charge >= 0.3 is 29.6 Å². The molecular formula is C14H24NNaO14S. The summed E-state index contributed by atoms with van der Waals surface area (Å²) in [5.41, 5.74) is 0. The predicted octanol–water partition coefficient (Wildman–Crippen LogP) is -8.76. The maximum absolute atomic E-state index is 11.3. The fourth-order valence-electron chi connectivity index (χ4n) is 3.11. The van der Waals surface area contributed by atoms with Crippen molar-refractivity contribution < 1.29 is 96.4 Å². The maximum atomic E-state index is 11.3. The summed E-state index contributed by atoms with van der Waals surface area (Å²) < 4.78 is 51.9. The topological polar surface area (TPSA) is 245 Å². The van der Waals surface area contributed by atoms with Crippen LogP contribution in [0.4, 0.5) is 0 Å². The Kier molecular flexibility index (Phi) is 11.1. The van der Waals surface area contributed by atoms with Gasteiger partial charge in [-0.3, -0.25) is 8.98 Å². The largest absolute Gasteiger partial charge is 1.00 e. The van der Waals surface area contributed by atoms with Gasteiger partial charge in [-0.25, -0.2) is 8.42 Å². The zero-order chi connectivity index (χ0) is 22.8. The number of aliphatic hydroxyl groups excluding tert-OH is 6. The van der Waals surface area contributed by atoms with Crippen molar-refractivity contribution in [3.63, 3.8) is 0 Å². The number of carbonyl (C=O) groups is 1. The molecule has 2 heterocycles. The molecular weight excluding hydrogens is 461 g/mol. The van der Waals surface area contributed by atoms with Crippen molar-refractivity contribution >= 4 is 16.3 Å². The van der Waals surface area contributed by atoms with Gasteiger partial charge in [0.05, 0.1) is 13.2 Å². The van der Waals surface area contributed by atoms with E-state index in [1.807, 2.05) is 0 Å². The molecule has 2 rings (SSSR count). The van der Waals surface area contributed by atoms with Gasteiger partial charge in [-0.15, -0.1) is 0 Å². The molecule has 2 aliphatic heterocycles. The van der Waals surface area contributed by atoms with Crippen molar-refractivity contribution in [3.05, 3.63) is 0 Å². The van der Waals surface area contributed by atoms with Crippen LogP contribution in [-0.4, -0.2) is 124 Å². The third-order valence-corrected chi connectivity index (χ3v) is 5.00. The van der Waals surface area contributed by atoms with Crippen LogP contribution < -0.4 is 34.9 Å². The molecule has 15 nitrogen and oxygen atoms in total. The molecule has 17 heteroatoms. The second kappa shape index (κ2) is 11.9. The fourth-order valence-corrected chi connectivity index (χ4v) is 3.41. The molecule has 0 aromatic heterocycles. The second-order valence-electron chi connectivity index (χ2n) is 6.77. The van der Waals surface area contributed by atoms with Gasteiger partial charge in [0, 0.05) is 6.92 Å². The van der Waals surface area contributed by atoms with E-state index < -0.39 is 90.9 Å². The van der Waals surface area contributed by atoms with E-state index in [2.05, 4.69) is 9.50 Å². The molecule has 1 unspecified atom stereocenters. The van der Waals surface area contributed by atoms with Gasteiger partial charge in [-0.05, 0) is 0 Å². The van der Waals surface area contributed by atoms with Crippen LogP contribution >= 0.6 is 0 Å². The number of amides is 1. The molecule has 7 N–H and O–H groups in total. The normalized spacial score (nSPS) is 41.3. The van der Waals surface area contributed by atoms with Crippen LogP contribution in [-0.2, 0) is 33.6 Å². The van der Waals surface area contributed by atoms with Crippen LogP contribution in [0.5, 0.6) is 0 Å². The van der Waals surface area contributed by atoms with Crippen LogP contribution in [0.15, 0.2) is 0 Å². The zero-order valence-corrected chi connectivity index (χ0v) is 19.4. The van der Waals surface area contributed by atoms with Gasteiger partial charge in [-0.1, -0.05) is 0 Å². The van der Waals surface area contributed by atoms with E-state index in [9.17, 15) is 48.4 Å². The minimum atomic E-state index is -5.19. The van der Waals surface area contributed by atoms with E-state index in [0.717, 1.165) is 6.92 Å². The van der Waals surface area contributed by atoms with Crippen molar-refractivity contribution in [1.29, 1.82) is 0 Å². The molecule has 0 spiro atoms. The molecule has 0 saturated carbocycles. The first kappa shape index (κ1) is 29.0. The van der Waals surface area contributed by atoms with Crippen LogP contribution in [0, 0.1) is 0 Å². The van der Waals surface area contributed by atoms with E-state index in [-0.39, 0.29) is 29.6 Å². The maximum Gasteiger partial charge on any atom is 1.00 e. The third kappa shape index (κ3) is 7.49. The summed E-state index contributed by atoms with van der Waals surface area (Å²) in [5.74, 6) is -0.676. The quantitative estimate of drug-likeness (QED) is 0.101. The molecule has 10 atom stereocenters. The van der Waals surface area contributed by atoms with Gasteiger partial charge in [-0.2, -0.15) is 0 Å². The second-order valence-corrected chi connectivity index (χ2v) is 7.82.